The molecule has 1 aliphatic rings. The molecule has 0 aliphatic heterocycles. The third kappa shape index (κ3) is 3.12. The number of Topliss-reactive ketones (excluding diaryl/α,β-unsaturated/α-hetero) is 2. The first-order valence-electron chi connectivity index (χ1n) is 7.07. The van der Waals surface area contributed by atoms with E-state index in [0.717, 1.165) is 19.3 Å². The standard InChI is InChI=1S/C17H22O2/c1-17(2,3)13-10-8-12(9-11-13)16(19)14-6-4-5-7-15(14)18/h8-11,14H,4-7H2,1-3H3. The molecule has 1 fully saturated rings. The second-order valence-corrected chi connectivity index (χ2v) is 6.46. The lowest BCUT2D eigenvalue weighted by molar-refractivity contribution is -0.122. The summed E-state index contributed by atoms with van der Waals surface area (Å²) in [5.74, 6) is -0.268. The zero-order chi connectivity index (χ0) is 14.0. The van der Waals surface area contributed by atoms with Gasteiger partial charge in [-0.1, -0.05) is 51.5 Å². The van der Waals surface area contributed by atoms with Crippen molar-refractivity contribution in [2.45, 2.75) is 51.9 Å². The molecular formula is C17H22O2. The van der Waals surface area contributed by atoms with Crippen molar-refractivity contribution in [3.05, 3.63) is 35.4 Å². The Bertz CT molecular complexity index is 477. The SMILES string of the molecule is CC(C)(C)c1ccc(C(=O)C2CCCCC2=O)cc1. The summed E-state index contributed by atoms with van der Waals surface area (Å²) in [7, 11) is 0. The number of carbonyl (C=O) groups is 2. The second-order valence-electron chi connectivity index (χ2n) is 6.46. The summed E-state index contributed by atoms with van der Waals surface area (Å²) in [4.78, 5) is 24.2. The van der Waals surface area contributed by atoms with Gasteiger partial charge in [-0.15, -0.1) is 0 Å². The summed E-state index contributed by atoms with van der Waals surface area (Å²) in [6.07, 6.45) is 3.21. The van der Waals surface area contributed by atoms with Crippen LogP contribution in [0.3, 0.4) is 0 Å². The van der Waals surface area contributed by atoms with Crippen molar-refractivity contribution < 1.29 is 9.59 Å². The molecule has 0 heterocycles. The molecule has 1 saturated carbocycles. The Kier molecular flexibility index (Phi) is 3.88. The molecule has 1 aromatic rings. The van der Waals surface area contributed by atoms with E-state index in [1.54, 1.807) is 0 Å². The van der Waals surface area contributed by atoms with Crippen LogP contribution in [0, 0.1) is 5.92 Å². The van der Waals surface area contributed by atoms with Gasteiger partial charge in [0, 0.05) is 12.0 Å². The zero-order valence-corrected chi connectivity index (χ0v) is 12.0. The highest BCUT2D eigenvalue weighted by Crippen LogP contribution is 2.26. The van der Waals surface area contributed by atoms with Crippen molar-refractivity contribution >= 4 is 11.6 Å². The van der Waals surface area contributed by atoms with E-state index in [4.69, 9.17) is 0 Å². The van der Waals surface area contributed by atoms with Gasteiger partial charge in [0.2, 0.25) is 0 Å². The molecule has 0 amide bonds. The fourth-order valence-electron chi connectivity index (χ4n) is 2.60. The lowest BCUT2D eigenvalue weighted by Crippen LogP contribution is -2.27. The molecule has 0 aromatic heterocycles. The van der Waals surface area contributed by atoms with E-state index in [0.29, 0.717) is 12.0 Å². The molecule has 2 rings (SSSR count). The maximum absolute atomic E-state index is 12.4. The quantitative estimate of drug-likeness (QED) is 0.595. The first-order valence-corrected chi connectivity index (χ1v) is 7.07. The van der Waals surface area contributed by atoms with Crippen LogP contribution in [0.5, 0.6) is 0 Å². The van der Waals surface area contributed by atoms with E-state index < -0.39 is 5.92 Å². The average molecular weight is 258 g/mol. The van der Waals surface area contributed by atoms with Gasteiger partial charge in [-0.05, 0) is 23.8 Å². The summed E-state index contributed by atoms with van der Waals surface area (Å²) in [6, 6.07) is 7.73. The van der Waals surface area contributed by atoms with Crippen LogP contribution in [0.1, 0.15) is 62.4 Å². The van der Waals surface area contributed by atoms with E-state index in [1.807, 2.05) is 24.3 Å². The maximum Gasteiger partial charge on any atom is 0.173 e. The molecule has 0 N–H and O–H groups in total. The van der Waals surface area contributed by atoms with Gasteiger partial charge in [0.15, 0.2) is 5.78 Å². The summed E-state index contributed by atoms with van der Waals surface area (Å²) in [6.45, 7) is 6.44. The van der Waals surface area contributed by atoms with Gasteiger partial charge < -0.3 is 0 Å². The van der Waals surface area contributed by atoms with Gasteiger partial charge in [-0.3, -0.25) is 9.59 Å². The summed E-state index contributed by atoms with van der Waals surface area (Å²) in [5.41, 5.74) is 1.97. The molecule has 0 saturated heterocycles. The number of hydrogen-bond acceptors (Lipinski definition) is 2. The Morgan fingerprint density at radius 1 is 1.11 bits per heavy atom. The molecule has 1 aromatic carbocycles. The van der Waals surface area contributed by atoms with Crippen LogP contribution in [-0.2, 0) is 10.2 Å². The van der Waals surface area contributed by atoms with E-state index in [2.05, 4.69) is 20.8 Å². The number of rotatable bonds is 2. The lowest BCUT2D eigenvalue weighted by Gasteiger charge is -2.21. The van der Waals surface area contributed by atoms with E-state index in [1.165, 1.54) is 5.56 Å². The Morgan fingerprint density at radius 2 is 1.74 bits per heavy atom. The van der Waals surface area contributed by atoms with Gasteiger partial charge >= 0.3 is 0 Å². The molecule has 2 nitrogen and oxygen atoms in total. The number of carbonyl (C=O) groups excluding carboxylic acids is 2. The lowest BCUT2D eigenvalue weighted by atomic mass is 9.81. The monoisotopic (exact) mass is 258 g/mol. The molecule has 1 atom stereocenters. The first kappa shape index (κ1) is 14.0. The fraction of sp³-hybridized carbons (Fsp3) is 0.529. The van der Waals surface area contributed by atoms with Gasteiger partial charge in [-0.25, -0.2) is 0 Å². The third-order valence-electron chi connectivity index (χ3n) is 3.91. The largest absolute Gasteiger partial charge is 0.299 e. The van der Waals surface area contributed by atoms with Crippen LogP contribution < -0.4 is 0 Å². The van der Waals surface area contributed by atoms with Gasteiger partial charge in [-0.2, -0.15) is 0 Å². The van der Waals surface area contributed by atoms with Crippen molar-refractivity contribution in [2.24, 2.45) is 5.92 Å². The zero-order valence-electron chi connectivity index (χ0n) is 12.0. The predicted molar refractivity (Wildman–Crippen MR) is 76.4 cm³/mol. The van der Waals surface area contributed by atoms with E-state index >= 15 is 0 Å². The highest BCUT2D eigenvalue weighted by atomic mass is 16.1. The van der Waals surface area contributed by atoms with Gasteiger partial charge in [0.05, 0.1) is 5.92 Å². The smallest absolute Gasteiger partial charge is 0.173 e. The topological polar surface area (TPSA) is 34.1 Å². The minimum Gasteiger partial charge on any atom is -0.299 e. The van der Waals surface area contributed by atoms with Crippen LogP contribution in [0.15, 0.2) is 24.3 Å². The number of hydrogen-bond donors (Lipinski definition) is 0. The van der Waals surface area contributed by atoms with Crippen molar-refractivity contribution in [1.82, 2.24) is 0 Å². The molecule has 102 valence electrons. The van der Waals surface area contributed by atoms with Crippen molar-refractivity contribution in [1.29, 1.82) is 0 Å². The predicted octanol–water partition coefficient (Wildman–Crippen LogP) is 3.93. The van der Waals surface area contributed by atoms with E-state index in [-0.39, 0.29) is 17.0 Å². The summed E-state index contributed by atoms with van der Waals surface area (Å²) < 4.78 is 0. The molecule has 0 spiro atoms. The normalized spacial score (nSPS) is 20.4. The number of benzene rings is 1. The molecule has 0 bridgehead atoms. The number of ketones is 2. The van der Waals surface area contributed by atoms with Gasteiger partial charge in [0.1, 0.15) is 5.78 Å². The highest BCUT2D eigenvalue weighted by molar-refractivity contribution is 6.10. The van der Waals surface area contributed by atoms with E-state index in [9.17, 15) is 9.59 Å². The molecule has 2 heteroatoms. The molecule has 1 aliphatic carbocycles. The van der Waals surface area contributed by atoms with Crippen LogP contribution in [-0.4, -0.2) is 11.6 Å². The van der Waals surface area contributed by atoms with Crippen LogP contribution >= 0.6 is 0 Å². The average Bonchev–Trinajstić information content (AvgIpc) is 2.38. The highest BCUT2D eigenvalue weighted by Gasteiger charge is 2.29. The third-order valence-corrected chi connectivity index (χ3v) is 3.91. The van der Waals surface area contributed by atoms with Crippen LogP contribution in [0.2, 0.25) is 0 Å². The molecule has 1 unspecified atom stereocenters. The van der Waals surface area contributed by atoms with Crippen molar-refractivity contribution in [3.63, 3.8) is 0 Å². The Morgan fingerprint density at radius 3 is 2.26 bits per heavy atom. The Labute approximate surface area is 115 Å². The Hall–Kier alpha value is -1.44. The summed E-state index contributed by atoms with van der Waals surface area (Å²) >= 11 is 0. The molecular weight excluding hydrogens is 236 g/mol. The Balaban J connectivity index is 2.18. The second kappa shape index (κ2) is 5.28. The minimum absolute atomic E-state index is 0.00478. The fourth-order valence-corrected chi connectivity index (χ4v) is 2.60. The van der Waals surface area contributed by atoms with Crippen LogP contribution in [0.4, 0.5) is 0 Å². The molecule has 19 heavy (non-hydrogen) atoms. The van der Waals surface area contributed by atoms with Gasteiger partial charge in [0.25, 0.3) is 0 Å². The summed E-state index contributed by atoms with van der Waals surface area (Å²) in [5, 5.41) is 0. The van der Waals surface area contributed by atoms with Crippen molar-refractivity contribution in [2.75, 3.05) is 0 Å². The molecule has 0 radical (unpaired) electrons. The maximum atomic E-state index is 12.4. The van der Waals surface area contributed by atoms with Crippen molar-refractivity contribution in [3.8, 4) is 0 Å². The minimum atomic E-state index is -0.394. The first-order chi connectivity index (χ1) is 8.89. The van der Waals surface area contributed by atoms with Crippen LogP contribution in [0.25, 0.3) is 0 Å².